The summed E-state index contributed by atoms with van der Waals surface area (Å²) >= 11 is 0. The van der Waals surface area contributed by atoms with Gasteiger partial charge in [-0.3, -0.25) is 0 Å². The Morgan fingerprint density at radius 3 is 2.67 bits per heavy atom. The molecular formula is C18H25NO2. The van der Waals surface area contributed by atoms with Gasteiger partial charge in [0.25, 0.3) is 0 Å². The van der Waals surface area contributed by atoms with E-state index in [0.29, 0.717) is 18.9 Å². The number of hydrogen-bond acceptors (Lipinski definition) is 2. The molecule has 0 fully saturated rings. The molecule has 0 aliphatic carbocycles. The fourth-order valence-corrected chi connectivity index (χ4v) is 1.68. The van der Waals surface area contributed by atoms with Crippen LogP contribution in [0.25, 0.3) is 0 Å². The normalized spacial score (nSPS) is 10.8. The minimum Gasteiger partial charge on any atom is -0.444 e. The third-order valence-corrected chi connectivity index (χ3v) is 2.70. The molecule has 0 saturated carbocycles. The van der Waals surface area contributed by atoms with Gasteiger partial charge in [0, 0.05) is 18.5 Å². The lowest BCUT2D eigenvalue weighted by atomic mass is 10.0. The Morgan fingerprint density at radius 1 is 1.33 bits per heavy atom. The second-order valence-corrected chi connectivity index (χ2v) is 6.26. The van der Waals surface area contributed by atoms with Gasteiger partial charge in [-0.05, 0) is 44.4 Å². The average Bonchev–Trinajstić information content (AvgIpc) is 2.36. The number of alkyl carbamates (subject to hydrolysis) is 1. The maximum absolute atomic E-state index is 11.4. The summed E-state index contributed by atoms with van der Waals surface area (Å²) in [6, 6.07) is 8.25. The van der Waals surface area contributed by atoms with E-state index in [2.05, 4.69) is 43.1 Å². The zero-order chi connectivity index (χ0) is 15.9. The van der Waals surface area contributed by atoms with Crippen molar-refractivity contribution >= 4 is 6.09 Å². The molecule has 1 aromatic rings. The van der Waals surface area contributed by atoms with Gasteiger partial charge in [-0.15, -0.1) is 0 Å². The van der Waals surface area contributed by atoms with Crippen LogP contribution in [0.15, 0.2) is 24.3 Å². The topological polar surface area (TPSA) is 38.3 Å². The molecule has 0 atom stereocenters. The number of carbonyl (C=O) groups is 1. The SMILES string of the molecule is CC(C)c1cccc(C#CCCNC(=O)OC(C)(C)C)c1. The van der Waals surface area contributed by atoms with Crippen LogP contribution in [0.2, 0.25) is 0 Å². The Kier molecular flexibility index (Phi) is 6.30. The van der Waals surface area contributed by atoms with Gasteiger partial charge in [-0.2, -0.15) is 0 Å². The summed E-state index contributed by atoms with van der Waals surface area (Å²) in [6.07, 6.45) is 0.205. The molecule has 1 amide bonds. The van der Waals surface area contributed by atoms with E-state index in [1.807, 2.05) is 32.9 Å². The lowest BCUT2D eigenvalue weighted by Crippen LogP contribution is -2.32. The molecule has 0 spiro atoms. The molecule has 0 aliphatic heterocycles. The van der Waals surface area contributed by atoms with E-state index in [9.17, 15) is 4.79 Å². The maximum Gasteiger partial charge on any atom is 0.407 e. The Labute approximate surface area is 128 Å². The van der Waals surface area contributed by atoms with Crippen LogP contribution >= 0.6 is 0 Å². The smallest absolute Gasteiger partial charge is 0.407 e. The Morgan fingerprint density at radius 2 is 2.05 bits per heavy atom. The molecule has 1 rings (SSSR count). The largest absolute Gasteiger partial charge is 0.444 e. The van der Waals surface area contributed by atoms with Crippen LogP contribution in [0.3, 0.4) is 0 Å². The molecule has 1 aromatic carbocycles. The van der Waals surface area contributed by atoms with E-state index >= 15 is 0 Å². The van der Waals surface area contributed by atoms with E-state index in [1.165, 1.54) is 5.56 Å². The predicted molar refractivity (Wildman–Crippen MR) is 86.3 cm³/mol. The molecule has 0 aromatic heterocycles. The van der Waals surface area contributed by atoms with Crippen LogP contribution in [0.1, 0.15) is 58.1 Å². The highest BCUT2D eigenvalue weighted by atomic mass is 16.6. The van der Waals surface area contributed by atoms with Crippen LogP contribution in [-0.4, -0.2) is 18.2 Å². The Balaban J connectivity index is 2.40. The van der Waals surface area contributed by atoms with Gasteiger partial charge < -0.3 is 10.1 Å². The van der Waals surface area contributed by atoms with E-state index < -0.39 is 11.7 Å². The summed E-state index contributed by atoms with van der Waals surface area (Å²) < 4.78 is 5.15. The lowest BCUT2D eigenvalue weighted by Gasteiger charge is -2.19. The zero-order valence-electron chi connectivity index (χ0n) is 13.6. The summed E-state index contributed by atoms with van der Waals surface area (Å²) in [6.45, 7) is 10.3. The van der Waals surface area contributed by atoms with E-state index in [1.54, 1.807) is 0 Å². The van der Waals surface area contributed by atoms with Crippen LogP contribution in [0.5, 0.6) is 0 Å². The van der Waals surface area contributed by atoms with Crippen molar-refractivity contribution < 1.29 is 9.53 Å². The van der Waals surface area contributed by atoms with Crippen LogP contribution in [-0.2, 0) is 4.74 Å². The Bertz CT molecular complexity index is 530. The Hall–Kier alpha value is -1.95. The van der Waals surface area contributed by atoms with E-state index in [4.69, 9.17) is 4.74 Å². The molecule has 0 radical (unpaired) electrons. The number of ether oxygens (including phenoxy) is 1. The maximum atomic E-state index is 11.4. The molecule has 0 unspecified atom stereocenters. The zero-order valence-corrected chi connectivity index (χ0v) is 13.6. The van der Waals surface area contributed by atoms with Crippen molar-refractivity contribution in [3.63, 3.8) is 0 Å². The number of nitrogens with one attached hydrogen (secondary N) is 1. The summed E-state index contributed by atoms with van der Waals surface area (Å²) in [5.74, 6) is 6.69. The summed E-state index contributed by atoms with van der Waals surface area (Å²) in [4.78, 5) is 11.4. The first-order valence-electron chi connectivity index (χ1n) is 7.33. The van der Waals surface area contributed by atoms with Gasteiger partial charge in [-0.1, -0.05) is 37.8 Å². The minimum absolute atomic E-state index is 0.397. The van der Waals surface area contributed by atoms with Crippen LogP contribution in [0.4, 0.5) is 4.79 Å². The third kappa shape index (κ3) is 7.41. The fraction of sp³-hybridized carbons (Fsp3) is 0.500. The first-order chi connectivity index (χ1) is 9.78. The standard InChI is InChI=1S/C18H25NO2/c1-14(2)16-11-8-10-15(13-16)9-6-7-12-19-17(20)21-18(3,4)5/h8,10-11,13-14H,7,12H2,1-5H3,(H,19,20). The molecule has 3 heteroatoms. The van der Waals surface area contributed by atoms with Crippen molar-refractivity contribution in [1.29, 1.82) is 0 Å². The third-order valence-electron chi connectivity index (χ3n) is 2.70. The molecule has 0 aliphatic rings. The number of rotatable bonds is 3. The highest BCUT2D eigenvalue weighted by molar-refractivity contribution is 5.67. The van der Waals surface area contributed by atoms with Gasteiger partial charge in [0.15, 0.2) is 0 Å². The minimum atomic E-state index is -0.465. The molecule has 0 heterocycles. The van der Waals surface area contributed by atoms with Crippen LogP contribution in [0, 0.1) is 11.8 Å². The predicted octanol–water partition coefficient (Wildman–Crippen LogP) is 4.08. The quantitative estimate of drug-likeness (QED) is 0.672. The summed E-state index contributed by atoms with van der Waals surface area (Å²) in [7, 11) is 0. The van der Waals surface area contributed by atoms with Crippen molar-refractivity contribution in [3.05, 3.63) is 35.4 Å². The van der Waals surface area contributed by atoms with Gasteiger partial charge in [0.05, 0.1) is 0 Å². The van der Waals surface area contributed by atoms with E-state index in [-0.39, 0.29) is 0 Å². The number of benzene rings is 1. The van der Waals surface area contributed by atoms with Gasteiger partial charge in [0.2, 0.25) is 0 Å². The molecule has 114 valence electrons. The first-order valence-corrected chi connectivity index (χ1v) is 7.33. The van der Waals surface area contributed by atoms with Crippen molar-refractivity contribution in [1.82, 2.24) is 5.32 Å². The highest BCUT2D eigenvalue weighted by Crippen LogP contribution is 2.14. The number of hydrogen-bond donors (Lipinski definition) is 1. The number of carbonyl (C=O) groups excluding carboxylic acids is 1. The van der Waals surface area contributed by atoms with Crippen molar-refractivity contribution in [2.45, 2.75) is 52.6 Å². The van der Waals surface area contributed by atoms with Gasteiger partial charge in [-0.25, -0.2) is 4.79 Å². The highest BCUT2D eigenvalue weighted by Gasteiger charge is 2.15. The second-order valence-electron chi connectivity index (χ2n) is 6.26. The van der Waals surface area contributed by atoms with Crippen molar-refractivity contribution in [2.24, 2.45) is 0 Å². The van der Waals surface area contributed by atoms with Gasteiger partial charge in [0.1, 0.15) is 5.60 Å². The first kappa shape index (κ1) is 17.1. The van der Waals surface area contributed by atoms with E-state index in [0.717, 1.165) is 5.56 Å². The lowest BCUT2D eigenvalue weighted by molar-refractivity contribution is 0.0529. The fourth-order valence-electron chi connectivity index (χ4n) is 1.68. The molecule has 21 heavy (non-hydrogen) atoms. The van der Waals surface area contributed by atoms with Crippen molar-refractivity contribution in [3.8, 4) is 11.8 Å². The monoisotopic (exact) mass is 287 g/mol. The molecular weight excluding hydrogens is 262 g/mol. The van der Waals surface area contributed by atoms with Crippen molar-refractivity contribution in [2.75, 3.05) is 6.54 Å². The second kappa shape index (κ2) is 7.73. The van der Waals surface area contributed by atoms with Gasteiger partial charge >= 0.3 is 6.09 Å². The average molecular weight is 287 g/mol. The summed E-state index contributed by atoms with van der Waals surface area (Å²) in [5, 5.41) is 2.69. The number of amides is 1. The molecule has 3 nitrogen and oxygen atoms in total. The molecule has 0 saturated heterocycles. The molecule has 0 bridgehead atoms. The summed E-state index contributed by atoms with van der Waals surface area (Å²) in [5.41, 5.74) is 1.83. The molecule has 1 N–H and O–H groups in total. The van der Waals surface area contributed by atoms with Crippen LogP contribution < -0.4 is 5.32 Å².